The maximum Gasteiger partial charge on any atom is 0.332 e. The first kappa shape index (κ1) is 18.6. The topological polar surface area (TPSA) is 115 Å². The number of rotatable bonds is 5. The third-order valence-corrected chi connectivity index (χ3v) is 3.91. The van der Waals surface area contributed by atoms with Crippen molar-refractivity contribution in [2.24, 2.45) is 14.1 Å². The van der Waals surface area contributed by atoms with E-state index in [4.69, 9.17) is 12.2 Å². The fraction of sp³-hybridized carbons (Fsp3) is 0.500. The third-order valence-electron chi connectivity index (χ3n) is 3.66. The van der Waals surface area contributed by atoms with Crippen LogP contribution in [0.3, 0.4) is 0 Å². The molecule has 2 rings (SSSR count). The first-order valence-corrected chi connectivity index (χ1v) is 8.21. The van der Waals surface area contributed by atoms with Gasteiger partial charge in [0.05, 0.1) is 6.33 Å². The number of aryl methyl sites for hydroxylation is 1. The summed E-state index contributed by atoms with van der Waals surface area (Å²) in [5, 5.41) is 3.27. The molecule has 0 saturated heterocycles. The van der Waals surface area contributed by atoms with Crippen LogP contribution < -0.4 is 27.4 Å². The van der Waals surface area contributed by atoms with Gasteiger partial charge in [-0.25, -0.2) is 9.78 Å². The molecule has 136 valence electrons. The smallest absolute Gasteiger partial charge is 0.332 e. The number of carbonyl (C=O) groups is 1. The Kier molecular flexibility index (Phi) is 5.91. The summed E-state index contributed by atoms with van der Waals surface area (Å²) in [5.41, 5.74) is 4.48. The number of nitrogens with zero attached hydrogens (tertiary/aromatic N) is 4. The van der Waals surface area contributed by atoms with Gasteiger partial charge in [0.1, 0.15) is 6.54 Å². The number of amides is 1. The molecule has 0 fully saturated rings. The zero-order chi connectivity index (χ0) is 18.6. The number of thiocarbonyl (C=S) groups is 1. The van der Waals surface area contributed by atoms with Crippen molar-refractivity contribution < 1.29 is 4.79 Å². The lowest BCUT2D eigenvalue weighted by Crippen LogP contribution is -2.48. The van der Waals surface area contributed by atoms with E-state index < -0.39 is 17.2 Å². The molecule has 10 nitrogen and oxygen atoms in total. The molecule has 2 heterocycles. The van der Waals surface area contributed by atoms with Gasteiger partial charge in [0.2, 0.25) is 0 Å². The maximum atomic E-state index is 12.3. The van der Waals surface area contributed by atoms with Crippen molar-refractivity contribution in [3.63, 3.8) is 0 Å². The van der Waals surface area contributed by atoms with Gasteiger partial charge >= 0.3 is 5.69 Å². The predicted octanol–water partition coefficient (Wildman–Crippen LogP) is -1.27. The van der Waals surface area contributed by atoms with E-state index in [9.17, 15) is 14.4 Å². The minimum absolute atomic E-state index is 0.144. The molecule has 0 bridgehead atoms. The number of carbonyl (C=O) groups excluding carboxylic acids is 1. The first-order valence-electron chi connectivity index (χ1n) is 7.80. The average molecular weight is 367 g/mol. The second-order valence-electron chi connectivity index (χ2n) is 5.53. The Morgan fingerprint density at radius 3 is 2.64 bits per heavy atom. The Morgan fingerprint density at radius 2 is 1.96 bits per heavy atom. The summed E-state index contributed by atoms with van der Waals surface area (Å²) in [4.78, 5) is 40.3. The second-order valence-corrected chi connectivity index (χ2v) is 5.94. The summed E-state index contributed by atoms with van der Waals surface area (Å²) in [7, 11) is 2.90. The highest BCUT2D eigenvalue weighted by molar-refractivity contribution is 7.80. The molecule has 0 saturated carbocycles. The van der Waals surface area contributed by atoms with E-state index in [0.29, 0.717) is 11.7 Å². The number of hydrogen-bond donors (Lipinski definition) is 3. The van der Waals surface area contributed by atoms with Crippen molar-refractivity contribution in [1.29, 1.82) is 0 Å². The van der Waals surface area contributed by atoms with Gasteiger partial charge in [0.25, 0.3) is 11.5 Å². The molecule has 1 amide bonds. The third kappa shape index (κ3) is 4.05. The Bertz CT molecular complexity index is 912. The largest absolute Gasteiger partial charge is 0.361 e. The van der Waals surface area contributed by atoms with E-state index in [1.165, 1.54) is 29.6 Å². The minimum Gasteiger partial charge on any atom is -0.361 e. The lowest BCUT2D eigenvalue weighted by Gasteiger charge is -2.11. The first-order chi connectivity index (χ1) is 11.9. The summed E-state index contributed by atoms with van der Waals surface area (Å²) in [6.45, 7) is 2.64. The van der Waals surface area contributed by atoms with Crippen molar-refractivity contribution in [3.05, 3.63) is 27.2 Å². The van der Waals surface area contributed by atoms with Crippen LogP contribution in [-0.4, -0.2) is 36.2 Å². The van der Waals surface area contributed by atoms with Gasteiger partial charge in [-0.2, -0.15) is 0 Å². The van der Waals surface area contributed by atoms with Gasteiger partial charge in [-0.1, -0.05) is 13.3 Å². The van der Waals surface area contributed by atoms with Crippen LogP contribution in [0.4, 0.5) is 0 Å². The normalized spacial score (nSPS) is 10.7. The molecule has 0 unspecified atom stereocenters. The van der Waals surface area contributed by atoms with Crippen LogP contribution in [0.5, 0.6) is 0 Å². The van der Waals surface area contributed by atoms with Crippen molar-refractivity contribution >= 4 is 34.4 Å². The van der Waals surface area contributed by atoms with Crippen LogP contribution in [0.1, 0.15) is 19.8 Å². The van der Waals surface area contributed by atoms with Crippen molar-refractivity contribution in [1.82, 2.24) is 34.9 Å². The van der Waals surface area contributed by atoms with Gasteiger partial charge in [-0.05, 0) is 18.6 Å². The maximum absolute atomic E-state index is 12.3. The number of hydrogen-bond acceptors (Lipinski definition) is 5. The monoisotopic (exact) mass is 367 g/mol. The van der Waals surface area contributed by atoms with Crippen LogP contribution in [0.15, 0.2) is 15.9 Å². The minimum atomic E-state index is -0.506. The fourth-order valence-corrected chi connectivity index (χ4v) is 2.41. The molecular weight excluding hydrogens is 346 g/mol. The highest BCUT2D eigenvalue weighted by Gasteiger charge is 2.15. The number of nitrogens with one attached hydrogen (secondary N) is 3. The van der Waals surface area contributed by atoms with Crippen molar-refractivity contribution in [2.75, 3.05) is 6.54 Å². The molecule has 11 heteroatoms. The highest BCUT2D eigenvalue weighted by atomic mass is 32.1. The van der Waals surface area contributed by atoms with Gasteiger partial charge in [0, 0.05) is 20.6 Å². The van der Waals surface area contributed by atoms with Crippen LogP contribution >= 0.6 is 12.2 Å². The zero-order valence-corrected chi connectivity index (χ0v) is 15.1. The van der Waals surface area contributed by atoms with E-state index in [0.717, 1.165) is 17.4 Å². The standard InChI is InChI=1S/C14H21N7O3S/c1-4-5-6-15-13(25)18-17-9(22)7-21-8-16-11-10(21)12(23)20(3)14(24)19(11)2/h8H,4-7H2,1-3H3,(H,17,22)(H2,15,18,25). The number of fused-ring (bicyclic) bond motifs is 1. The Balaban J connectivity index is 2.08. The van der Waals surface area contributed by atoms with Crippen LogP contribution in [0, 0.1) is 0 Å². The molecule has 3 N–H and O–H groups in total. The van der Waals surface area contributed by atoms with Gasteiger partial charge in [-0.3, -0.25) is 29.6 Å². The molecule has 0 aromatic carbocycles. The Hall–Kier alpha value is -2.69. The number of imidazole rings is 1. The number of aromatic nitrogens is 4. The van der Waals surface area contributed by atoms with Gasteiger partial charge in [0.15, 0.2) is 16.3 Å². The Labute approximate surface area is 148 Å². The number of unbranched alkanes of at least 4 members (excludes halogenated alkanes) is 1. The lowest BCUT2D eigenvalue weighted by molar-refractivity contribution is -0.122. The molecule has 0 aliphatic rings. The fourth-order valence-electron chi connectivity index (χ4n) is 2.26. The highest BCUT2D eigenvalue weighted by Crippen LogP contribution is 2.04. The molecule has 2 aromatic heterocycles. The zero-order valence-electron chi connectivity index (χ0n) is 14.3. The molecule has 0 atom stereocenters. The van der Waals surface area contributed by atoms with Crippen LogP contribution in [-0.2, 0) is 25.4 Å². The van der Waals surface area contributed by atoms with Crippen molar-refractivity contribution in [3.8, 4) is 0 Å². The molecule has 25 heavy (non-hydrogen) atoms. The molecule has 2 aromatic rings. The molecular formula is C14H21N7O3S. The van der Waals surface area contributed by atoms with E-state index in [2.05, 4.69) is 28.1 Å². The summed E-state index contributed by atoms with van der Waals surface area (Å²) in [5.74, 6) is -0.408. The second kappa shape index (κ2) is 7.92. The molecule has 0 aliphatic heterocycles. The number of hydrazine groups is 1. The Morgan fingerprint density at radius 1 is 1.24 bits per heavy atom. The summed E-state index contributed by atoms with van der Waals surface area (Å²) >= 11 is 5.03. The van der Waals surface area contributed by atoms with Crippen LogP contribution in [0.25, 0.3) is 11.2 Å². The summed E-state index contributed by atoms with van der Waals surface area (Å²) in [6.07, 6.45) is 3.36. The molecule has 0 aliphatic carbocycles. The molecule has 0 radical (unpaired) electrons. The van der Waals surface area contributed by atoms with E-state index in [-0.39, 0.29) is 17.7 Å². The average Bonchev–Trinajstić information content (AvgIpc) is 3.00. The quantitative estimate of drug-likeness (QED) is 0.343. The van der Waals surface area contributed by atoms with Crippen molar-refractivity contribution in [2.45, 2.75) is 26.3 Å². The predicted molar refractivity (Wildman–Crippen MR) is 97.0 cm³/mol. The van der Waals surface area contributed by atoms with Crippen LogP contribution in [0.2, 0.25) is 0 Å². The molecule has 0 spiro atoms. The van der Waals surface area contributed by atoms with Gasteiger partial charge < -0.3 is 9.88 Å². The van der Waals surface area contributed by atoms with Gasteiger partial charge in [-0.15, -0.1) is 0 Å². The van der Waals surface area contributed by atoms with E-state index >= 15 is 0 Å². The summed E-state index contributed by atoms with van der Waals surface area (Å²) in [6, 6.07) is 0. The van der Waals surface area contributed by atoms with E-state index in [1.807, 2.05) is 0 Å². The summed E-state index contributed by atoms with van der Waals surface area (Å²) < 4.78 is 3.63. The van der Waals surface area contributed by atoms with E-state index in [1.54, 1.807) is 0 Å². The SMILES string of the molecule is CCCCNC(=S)NNC(=O)Cn1cnc2c1c(=O)n(C)c(=O)n2C. The lowest BCUT2D eigenvalue weighted by atomic mass is 10.3.